The number of hydrogen-bond donors (Lipinski definition) is 0. The molecule has 0 saturated carbocycles. The van der Waals surface area contributed by atoms with Gasteiger partial charge in [0.05, 0.1) is 13.0 Å². The average Bonchev–Trinajstić information content (AvgIpc) is 2.27. The molecule has 0 radical (unpaired) electrons. The maximum absolute atomic E-state index is 11.4. The molecule has 88 valence electrons. The molecule has 0 amide bonds. The number of piperidine rings is 1. The largest absolute Gasteiger partial charge is 0.469 e. The zero-order valence-corrected chi connectivity index (χ0v) is 10.2. The molecule has 0 N–H and O–H groups in total. The summed E-state index contributed by atoms with van der Waals surface area (Å²) in [7, 11) is 3.65. The van der Waals surface area contributed by atoms with E-state index in [0.29, 0.717) is 5.92 Å². The van der Waals surface area contributed by atoms with E-state index in [4.69, 9.17) is 4.74 Å². The van der Waals surface area contributed by atoms with Gasteiger partial charge in [0.25, 0.3) is 0 Å². The Morgan fingerprint density at radius 3 is 2.53 bits per heavy atom. The molecule has 1 atom stereocenters. The third-order valence-corrected chi connectivity index (χ3v) is 3.48. The topological polar surface area (TPSA) is 29.5 Å². The van der Waals surface area contributed by atoms with Crippen molar-refractivity contribution < 1.29 is 9.53 Å². The number of rotatable bonds is 4. The fourth-order valence-electron chi connectivity index (χ4n) is 2.30. The standard InChI is InChI=1S/C12H23NO2/c1-4-11(12(14)15-3)9-10-5-7-13(2)8-6-10/h10-11H,4-9H2,1-3H3. The van der Waals surface area contributed by atoms with Gasteiger partial charge < -0.3 is 9.64 Å². The molecule has 1 aliphatic heterocycles. The molecule has 0 aliphatic carbocycles. The van der Waals surface area contributed by atoms with Crippen LogP contribution in [-0.2, 0) is 9.53 Å². The fraction of sp³-hybridized carbons (Fsp3) is 0.917. The van der Waals surface area contributed by atoms with Gasteiger partial charge in [-0.05, 0) is 51.7 Å². The van der Waals surface area contributed by atoms with E-state index in [0.717, 1.165) is 12.8 Å². The molecule has 0 aromatic rings. The number of methoxy groups -OCH3 is 1. The van der Waals surface area contributed by atoms with Crippen molar-refractivity contribution in [1.82, 2.24) is 4.90 Å². The SMILES string of the molecule is CCC(CC1CCN(C)CC1)C(=O)OC. The lowest BCUT2D eigenvalue weighted by Crippen LogP contribution is -2.32. The Morgan fingerprint density at radius 1 is 1.47 bits per heavy atom. The van der Waals surface area contributed by atoms with Crippen molar-refractivity contribution in [2.45, 2.75) is 32.6 Å². The van der Waals surface area contributed by atoms with Crippen LogP contribution < -0.4 is 0 Å². The summed E-state index contributed by atoms with van der Waals surface area (Å²) in [4.78, 5) is 13.8. The van der Waals surface area contributed by atoms with E-state index in [1.807, 2.05) is 0 Å². The molecule has 0 bridgehead atoms. The molecular formula is C12H23NO2. The second-order valence-electron chi connectivity index (χ2n) is 4.61. The molecular weight excluding hydrogens is 190 g/mol. The van der Waals surface area contributed by atoms with Gasteiger partial charge in [-0.2, -0.15) is 0 Å². The van der Waals surface area contributed by atoms with Gasteiger partial charge in [-0.1, -0.05) is 6.92 Å². The number of carbonyl (C=O) groups excluding carboxylic acids is 1. The van der Waals surface area contributed by atoms with Gasteiger partial charge in [0.2, 0.25) is 0 Å². The van der Waals surface area contributed by atoms with Crippen LogP contribution in [0.3, 0.4) is 0 Å². The zero-order chi connectivity index (χ0) is 11.3. The molecule has 1 saturated heterocycles. The molecule has 15 heavy (non-hydrogen) atoms. The number of esters is 1. The first-order valence-electron chi connectivity index (χ1n) is 5.93. The van der Waals surface area contributed by atoms with Gasteiger partial charge in [0, 0.05) is 0 Å². The van der Waals surface area contributed by atoms with Crippen LogP contribution in [-0.4, -0.2) is 38.1 Å². The van der Waals surface area contributed by atoms with Gasteiger partial charge in [-0.15, -0.1) is 0 Å². The summed E-state index contributed by atoms with van der Waals surface area (Å²) in [5.41, 5.74) is 0. The number of hydrogen-bond acceptors (Lipinski definition) is 3. The minimum Gasteiger partial charge on any atom is -0.469 e. The summed E-state index contributed by atoms with van der Waals surface area (Å²) in [5.74, 6) is 0.796. The molecule has 1 heterocycles. The highest BCUT2D eigenvalue weighted by Crippen LogP contribution is 2.25. The fourth-order valence-corrected chi connectivity index (χ4v) is 2.30. The third-order valence-electron chi connectivity index (χ3n) is 3.48. The molecule has 0 aromatic heterocycles. The summed E-state index contributed by atoms with van der Waals surface area (Å²) >= 11 is 0. The zero-order valence-electron chi connectivity index (χ0n) is 10.2. The number of likely N-dealkylation sites (tertiary alicyclic amines) is 1. The van der Waals surface area contributed by atoms with Gasteiger partial charge in [-0.3, -0.25) is 4.79 Å². The Morgan fingerprint density at radius 2 is 2.07 bits per heavy atom. The highest BCUT2D eigenvalue weighted by Gasteiger charge is 2.24. The first-order chi connectivity index (χ1) is 7.17. The van der Waals surface area contributed by atoms with Gasteiger partial charge in [-0.25, -0.2) is 0 Å². The lowest BCUT2D eigenvalue weighted by atomic mass is 9.86. The van der Waals surface area contributed by atoms with E-state index >= 15 is 0 Å². The Hall–Kier alpha value is -0.570. The molecule has 1 unspecified atom stereocenters. The van der Waals surface area contributed by atoms with Crippen LogP contribution >= 0.6 is 0 Å². The van der Waals surface area contributed by atoms with Crippen LogP contribution in [0.2, 0.25) is 0 Å². The lowest BCUT2D eigenvalue weighted by molar-refractivity contribution is -0.146. The van der Waals surface area contributed by atoms with Crippen LogP contribution in [0, 0.1) is 11.8 Å². The van der Waals surface area contributed by atoms with Gasteiger partial charge in [0.1, 0.15) is 0 Å². The minimum atomic E-state index is -0.0311. The van der Waals surface area contributed by atoms with Crippen LogP contribution in [0.4, 0.5) is 0 Å². The Balaban J connectivity index is 2.35. The molecule has 3 heteroatoms. The first-order valence-corrected chi connectivity index (χ1v) is 5.93. The number of nitrogens with zero attached hydrogens (tertiary/aromatic N) is 1. The maximum Gasteiger partial charge on any atom is 0.308 e. The molecule has 3 nitrogen and oxygen atoms in total. The summed E-state index contributed by atoms with van der Waals surface area (Å²) < 4.78 is 4.82. The molecule has 0 aromatic carbocycles. The van der Waals surface area contributed by atoms with Gasteiger partial charge >= 0.3 is 5.97 Å². The highest BCUT2D eigenvalue weighted by atomic mass is 16.5. The Labute approximate surface area is 92.8 Å². The Bertz CT molecular complexity index is 198. The number of ether oxygens (including phenoxy) is 1. The molecule has 0 spiro atoms. The summed E-state index contributed by atoms with van der Waals surface area (Å²) in [5, 5.41) is 0. The molecule has 1 rings (SSSR count). The highest BCUT2D eigenvalue weighted by molar-refractivity contribution is 5.72. The van der Waals surface area contributed by atoms with Crippen molar-refractivity contribution in [3.05, 3.63) is 0 Å². The van der Waals surface area contributed by atoms with E-state index in [9.17, 15) is 4.79 Å². The second-order valence-corrected chi connectivity index (χ2v) is 4.61. The maximum atomic E-state index is 11.4. The predicted molar refractivity (Wildman–Crippen MR) is 60.6 cm³/mol. The minimum absolute atomic E-state index is 0.0311. The van der Waals surface area contributed by atoms with Crippen LogP contribution in [0.5, 0.6) is 0 Å². The molecule has 1 fully saturated rings. The van der Waals surface area contributed by atoms with Crippen LogP contribution in [0.15, 0.2) is 0 Å². The monoisotopic (exact) mass is 213 g/mol. The van der Waals surface area contributed by atoms with Crippen molar-refractivity contribution in [1.29, 1.82) is 0 Å². The quantitative estimate of drug-likeness (QED) is 0.668. The average molecular weight is 213 g/mol. The van der Waals surface area contributed by atoms with Crippen LogP contribution in [0.1, 0.15) is 32.6 Å². The van der Waals surface area contributed by atoms with Crippen molar-refractivity contribution in [2.24, 2.45) is 11.8 Å². The number of carbonyl (C=O) groups is 1. The van der Waals surface area contributed by atoms with E-state index in [-0.39, 0.29) is 11.9 Å². The normalized spacial score (nSPS) is 21.3. The van der Waals surface area contributed by atoms with E-state index in [1.54, 1.807) is 0 Å². The second kappa shape index (κ2) is 6.11. The van der Waals surface area contributed by atoms with Crippen LogP contribution in [0.25, 0.3) is 0 Å². The van der Waals surface area contributed by atoms with Gasteiger partial charge in [0.15, 0.2) is 0 Å². The first kappa shape index (κ1) is 12.5. The molecule has 1 aliphatic rings. The predicted octanol–water partition coefficient (Wildman–Crippen LogP) is 1.92. The third kappa shape index (κ3) is 3.82. The van der Waals surface area contributed by atoms with E-state index in [2.05, 4.69) is 18.9 Å². The smallest absolute Gasteiger partial charge is 0.308 e. The van der Waals surface area contributed by atoms with Crippen molar-refractivity contribution in [2.75, 3.05) is 27.2 Å². The van der Waals surface area contributed by atoms with Crippen molar-refractivity contribution in [3.8, 4) is 0 Å². The summed E-state index contributed by atoms with van der Waals surface area (Å²) in [6.07, 6.45) is 4.37. The van der Waals surface area contributed by atoms with Crippen molar-refractivity contribution >= 4 is 5.97 Å². The Kier molecular flexibility index (Phi) is 5.09. The van der Waals surface area contributed by atoms with Crippen molar-refractivity contribution in [3.63, 3.8) is 0 Å². The van der Waals surface area contributed by atoms with E-state index < -0.39 is 0 Å². The summed E-state index contributed by atoms with van der Waals surface area (Å²) in [6.45, 7) is 4.40. The summed E-state index contributed by atoms with van der Waals surface area (Å²) in [6, 6.07) is 0. The van der Waals surface area contributed by atoms with E-state index in [1.165, 1.54) is 33.0 Å². The lowest BCUT2D eigenvalue weighted by Gasteiger charge is -2.30.